The molecule has 0 fully saturated rings. The smallest absolute Gasteiger partial charge is 0.216 e. The van der Waals surface area contributed by atoms with Crippen LogP contribution in [0.3, 0.4) is 0 Å². The lowest BCUT2D eigenvalue weighted by atomic mass is 10.1. The number of nitrogens with zero attached hydrogens (tertiary/aromatic N) is 1. The van der Waals surface area contributed by atoms with Gasteiger partial charge in [-0.3, -0.25) is 0 Å². The van der Waals surface area contributed by atoms with E-state index < -0.39 is 5.95 Å². The zero-order chi connectivity index (χ0) is 8.97. The molecule has 0 spiro atoms. The summed E-state index contributed by atoms with van der Waals surface area (Å²) in [6.45, 7) is 1.72. The van der Waals surface area contributed by atoms with Crippen molar-refractivity contribution in [3.05, 3.63) is 35.4 Å². The van der Waals surface area contributed by atoms with E-state index in [1.54, 1.807) is 13.0 Å². The Bertz CT molecular complexity index is 297. The molecular weight excluding hydrogens is 221 g/mol. The summed E-state index contributed by atoms with van der Waals surface area (Å²) >= 11 is 3.25. The maximum Gasteiger partial charge on any atom is 0.216 e. The number of aromatic nitrogens is 1. The lowest BCUT2D eigenvalue weighted by molar-refractivity contribution is 0.574. The Morgan fingerprint density at radius 2 is 2.42 bits per heavy atom. The van der Waals surface area contributed by atoms with Crippen LogP contribution in [-0.4, -0.2) is 10.3 Å². The monoisotopic (exact) mass is 229 g/mol. The third-order valence-electron chi connectivity index (χ3n) is 1.57. The molecule has 1 rings (SSSR count). The topological polar surface area (TPSA) is 12.9 Å². The lowest BCUT2D eigenvalue weighted by Crippen LogP contribution is -1.90. The van der Waals surface area contributed by atoms with Gasteiger partial charge in [0.15, 0.2) is 0 Å². The van der Waals surface area contributed by atoms with E-state index in [1.165, 1.54) is 6.20 Å². The molecule has 0 atom stereocenters. The van der Waals surface area contributed by atoms with Crippen molar-refractivity contribution in [2.75, 3.05) is 5.33 Å². The Morgan fingerprint density at radius 3 is 3.08 bits per heavy atom. The molecule has 1 aromatic heterocycles. The molecule has 0 bridgehead atoms. The quantitative estimate of drug-likeness (QED) is 0.562. The van der Waals surface area contributed by atoms with Gasteiger partial charge in [-0.1, -0.05) is 28.1 Å². The Hall–Kier alpha value is -0.700. The second kappa shape index (κ2) is 4.36. The highest BCUT2D eigenvalue weighted by Crippen LogP contribution is 2.11. The summed E-state index contributed by atoms with van der Waals surface area (Å²) in [5.74, 6) is -0.397. The zero-order valence-corrected chi connectivity index (χ0v) is 8.31. The van der Waals surface area contributed by atoms with E-state index in [2.05, 4.69) is 20.9 Å². The Kier molecular flexibility index (Phi) is 3.41. The third kappa shape index (κ3) is 2.14. The van der Waals surface area contributed by atoms with Crippen LogP contribution in [0.25, 0.3) is 6.08 Å². The molecule has 0 radical (unpaired) electrons. The van der Waals surface area contributed by atoms with Gasteiger partial charge in [0, 0.05) is 17.1 Å². The van der Waals surface area contributed by atoms with Crippen LogP contribution in [0.5, 0.6) is 0 Å². The van der Waals surface area contributed by atoms with E-state index in [0.717, 1.165) is 10.9 Å². The molecular formula is C9H9BrFN. The van der Waals surface area contributed by atoms with Crippen molar-refractivity contribution in [2.24, 2.45) is 0 Å². The molecule has 0 aliphatic heterocycles. The van der Waals surface area contributed by atoms with Gasteiger partial charge < -0.3 is 0 Å². The number of pyridine rings is 1. The standard InChI is InChI=1S/C9H9BrFN/c1-7-8(3-2-5-10)4-6-12-9(7)11/h2-4,6H,5H2,1H3. The Labute approximate surface area is 79.5 Å². The highest BCUT2D eigenvalue weighted by molar-refractivity contribution is 9.09. The first kappa shape index (κ1) is 9.39. The van der Waals surface area contributed by atoms with Crippen molar-refractivity contribution < 1.29 is 4.39 Å². The van der Waals surface area contributed by atoms with Crippen molar-refractivity contribution in [3.8, 4) is 0 Å². The summed E-state index contributed by atoms with van der Waals surface area (Å²) in [5.41, 5.74) is 1.47. The van der Waals surface area contributed by atoms with Crippen LogP contribution in [0, 0.1) is 12.9 Å². The predicted octanol–water partition coefficient (Wildman–Crippen LogP) is 2.94. The number of halogens is 2. The highest BCUT2D eigenvalue weighted by atomic mass is 79.9. The zero-order valence-electron chi connectivity index (χ0n) is 6.72. The van der Waals surface area contributed by atoms with Gasteiger partial charge in [-0.25, -0.2) is 4.98 Å². The minimum Gasteiger partial charge on any atom is -0.228 e. The normalized spacial score (nSPS) is 10.9. The highest BCUT2D eigenvalue weighted by Gasteiger charge is 2.00. The summed E-state index contributed by atoms with van der Waals surface area (Å²) in [5, 5.41) is 0.774. The van der Waals surface area contributed by atoms with Crippen molar-refractivity contribution in [2.45, 2.75) is 6.92 Å². The molecule has 0 saturated carbocycles. The number of allylic oxidation sites excluding steroid dienone is 1. The molecule has 0 N–H and O–H groups in total. The average molecular weight is 230 g/mol. The van der Waals surface area contributed by atoms with E-state index in [4.69, 9.17) is 0 Å². The molecule has 0 aromatic carbocycles. The van der Waals surface area contributed by atoms with Crippen LogP contribution < -0.4 is 0 Å². The first-order valence-corrected chi connectivity index (χ1v) is 4.71. The fraction of sp³-hybridized carbons (Fsp3) is 0.222. The third-order valence-corrected chi connectivity index (χ3v) is 1.94. The molecule has 0 aliphatic rings. The molecule has 0 unspecified atom stereocenters. The van der Waals surface area contributed by atoms with Crippen LogP contribution >= 0.6 is 15.9 Å². The van der Waals surface area contributed by atoms with Crippen molar-refractivity contribution in [1.29, 1.82) is 0 Å². The average Bonchev–Trinajstić information content (AvgIpc) is 2.08. The SMILES string of the molecule is Cc1c(C=CCBr)ccnc1F. The minimum absolute atomic E-state index is 0.397. The molecule has 12 heavy (non-hydrogen) atoms. The van der Waals surface area contributed by atoms with Gasteiger partial charge in [0.1, 0.15) is 0 Å². The second-order valence-corrected chi connectivity index (χ2v) is 3.02. The maximum absolute atomic E-state index is 12.8. The maximum atomic E-state index is 12.8. The Balaban J connectivity index is 3.00. The van der Waals surface area contributed by atoms with Gasteiger partial charge in [-0.05, 0) is 18.6 Å². The number of hydrogen-bond donors (Lipinski definition) is 0. The van der Waals surface area contributed by atoms with Crippen LogP contribution in [0.1, 0.15) is 11.1 Å². The molecule has 0 amide bonds. The summed E-state index contributed by atoms with van der Waals surface area (Å²) in [4.78, 5) is 3.54. The van der Waals surface area contributed by atoms with E-state index in [0.29, 0.717) is 5.56 Å². The molecule has 3 heteroatoms. The fourth-order valence-electron chi connectivity index (χ4n) is 0.876. The van der Waals surface area contributed by atoms with Gasteiger partial charge in [0.2, 0.25) is 5.95 Å². The number of alkyl halides is 1. The molecule has 0 saturated heterocycles. The largest absolute Gasteiger partial charge is 0.228 e. The molecule has 1 heterocycles. The second-order valence-electron chi connectivity index (χ2n) is 2.37. The first-order valence-electron chi connectivity index (χ1n) is 3.59. The van der Waals surface area contributed by atoms with E-state index in [9.17, 15) is 4.39 Å². The van der Waals surface area contributed by atoms with Crippen LogP contribution in [0.4, 0.5) is 4.39 Å². The van der Waals surface area contributed by atoms with Gasteiger partial charge in [0.05, 0.1) is 0 Å². The summed E-state index contributed by atoms with van der Waals surface area (Å²) in [6, 6.07) is 1.79. The van der Waals surface area contributed by atoms with E-state index >= 15 is 0 Å². The summed E-state index contributed by atoms with van der Waals surface area (Å²) in [6.07, 6.45) is 5.26. The molecule has 1 nitrogen and oxygen atoms in total. The van der Waals surface area contributed by atoms with Gasteiger partial charge in [0.25, 0.3) is 0 Å². The van der Waals surface area contributed by atoms with E-state index in [1.807, 2.05) is 12.2 Å². The van der Waals surface area contributed by atoms with Crippen molar-refractivity contribution in [1.82, 2.24) is 4.98 Å². The van der Waals surface area contributed by atoms with Crippen LogP contribution in [0.15, 0.2) is 18.3 Å². The number of rotatable bonds is 2. The van der Waals surface area contributed by atoms with Gasteiger partial charge in [-0.2, -0.15) is 4.39 Å². The van der Waals surface area contributed by atoms with Crippen LogP contribution in [-0.2, 0) is 0 Å². The van der Waals surface area contributed by atoms with Crippen LogP contribution in [0.2, 0.25) is 0 Å². The van der Waals surface area contributed by atoms with Gasteiger partial charge >= 0.3 is 0 Å². The van der Waals surface area contributed by atoms with E-state index in [-0.39, 0.29) is 0 Å². The fourth-order valence-corrected chi connectivity index (χ4v) is 1.06. The van der Waals surface area contributed by atoms with Gasteiger partial charge in [-0.15, -0.1) is 0 Å². The molecule has 1 aromatic rings. The van der Waals surface area contributed by atoms with Crippen molar-refractivity contribution >= 4 is 22.0 Å². The summed E-state index contributed by atoms with van der Waals surface area (Å²) < 4.78 is 12.8. The Morgan fingerprint density at radius 1 is 1.67 bits per heavy atom. The number of hydrogen-bond acceptors (Lipinski definition) is 1. The summed E-state index contributed by atoms with van der Waals surface area (Å²) in [7, 11) is 0. The van der Waals surface area contributed by atoms with Crippen molar-refractivity contribution in [3.63, 3.8) is 0 Å². The lowest BCUT2D eigenvalue weighted by Gasteiger charge is -1.98. The first-order chi connectivity index (χ1) is 5.75. The molecule has 64 valence electrons. The predicted molar refractivity (Wildman–Crippen MR) is 51.8 cm³/mol. The molecule has 0 aliphatic carbocycles. The minimum atomic E-state index is -0.397.